The molecular formula is C17H9F3N4O6. The molecule has 0 saturated carbocycles. The number of nitrogens with zero attached hydrogens (tertiary/aromatic N) is 3. The summed E-state index contributed by atoms with van der Waals surface area (Å²) in [6, 6.07) is 7.84. The van der Waals surface area contributed by atoms with Gasteiger partial charge in [-0.3, -0.25) is 30.3 Å². The van der Waals surface area contributed by atoms with Crippen LogP contribution in [-0.2, 0) is 6.18 Å². The predicted octanol–water partition coefficient (Wildman–Crippen LogP) is 5.33. The van der Waals surface area contributed by atoms with Crippen LogP contribution >= 0.6 is 0 Å². The molecule has 0 aliphatic heterocycles. The van der Waals surface area contributed by atoms with Gasteiger partial charge in [0, 0.05) is 11.5 Å². The minimum absolute atomic E-state index is 0.00478. The van der Waals surface area contributed by atoms with E-state index in [0.717, 1.165) is 6.07 Å². The van der Waals surface area contributed by atoms with Gasteiger partial charge in [0.2, 0.25) is 0 Å². The summed E-state index contributed by atoms with van der Waals surface area (Å²) in [5, 5.41) is 36.5. The second-order valence-corrected chi connectivity index (χ2v) is 5.96. The van der Waals surface area contributed by atoms with Gasteiger partial charge < -0.3 is 5.32 Å². The van der Waals surface area contributed by atoms with Gasteiger partial charge in [-0.25, -0.2) is 0 Å². The van der Waals surface area contributed by atoms with Crippen LogP contribution < -0.4 is 5.32 Å². The molecule has 13 heteroatoms. The highest BCUT2D eigenvalue weighted by atomic mass is 19.4. The molecule has 0 aliphatic carbocycles. The van der Waals surface area contributed by atoms with Crippen LogP contribution in [0.4, 0.5) is 41.6 Å². The van der Waals surface area contributed by atoms with Crippen LogP contribution in [-0.4, -0.2) is 14.8 Å². The van der Waals surface area contributed by atoms with Crippen LogP contribution in [0.15, 0.2) is 48.5 Å². The number of rotatable bonds is 5. The number of halogens is 3. The van der Waals surface area contributed by atoms with E-state index in [4.69, 9.17) is 0 Å². The molecule has 0 spiro atoms. The first-order chi connectivity index (χ1) is 14.0. The van der Waals surface area contributed by atoms with E-state index in [2.05, 4.69) is 5.32 Å². The van der Waals surface area contributed by atoms with Crippen LogP contribution in [0.25, 0.3) is 10.8 Å². The summed E-state index contributed by atoms with van der Waals surface area (Å²) in [7, 11) is 0. The normalized spacial score (nSPS) is 11.3. The van der Waals surface area contributed by atoms with E-state index in [-0.39, 0.29) is 16.5 Å². The van der Waals surface area contributed by atoms with E-state index in [1.807, 2.05) is 0 Å². The van der Waals surface area contributed by atoms with Crippen LogP contribution in [0, 0.1) is 30.3 Å². The molecule has 1 N–H and O–H groups in total. The average molecular weight is 422 g/mol. The number of alkyl halides is 3. The Morgan fingerprint density at radius 2 is 1.30 bits per heavy atom. The Balaban J connectivity index is 2.27. The zero-order chi connectivity index (χ0) is 22.2. The molecule has 154 valence electrons. The van der Waals surface area contributed by atoms with Gasteiger partial charge in [0.1, 0.15) is 11.4 Å². The molecule has 0 unspecified atom stereocenters. The first kappa shape index (κ1) is 20.4. The molecule has 0 aromatic heterocycles. The van der Waals surface area contributed by atoms with Gasteiger partial charge in [-0.05, 0) is 18.2 Å². The third kappa shape index (κ3) is 3.67. The van der Waals surface area contributed by atoms with Crippen molar-refractivity contribution in [3.05, 3.63) is 84.4 Å². The topological polar surface area (TPSA) is 141 Å². The fourth-order valence-corrected chi connectivity index (χ4v) is 2.87. The maximum atomic E-state index is 12.9. The molecular weight excluding hydrogens is 413 g/mol. The molecule has 3 aromatic rings. The monoisotopic (exact) mass is 422 g/mol. The summed E-state index contributed by atoms with van der Waals surface area (Å²) < 4.78 is 38.7. The maximum Gasteiger partial charge on any atom is 0.416 e. The summed E-state index contributed by atoms with van der Waals surface area (Å²) >= 11 is 0. The van der Waals surface area contributed by atoms with Gasteiger partial charge in [-0.15, -0.1) is 0 Å². The number of hydrogen-bond donors (Lipinski definition) is 1. The molecule has 0 fully saturated rings. The Morgan fingerprint density at radius 3 is 1.83 bits per heavy atom. The first-order valence-corrected chi connectivity index (χ1v) is 7.98. The lowest BCUT2D eigenvalue weighted by atomic mass is 10.0. The van der Waals surface area contributed by atoms with Crippen LogP contribution in [0.2, 0.25) is 0 Å². The quantitative estimate of drug-likeness (QED) is 0.433. The van der Waals surface area contributed by atoms with E-state index in [0.29, 0.717) is 18.2 Å². The minimum atomic E-state index is -4.84. The SMILES string of the molecule is O=[N+]([O-])c1cc(C(F)(F)F)ccc1Nc1c([N+](=O)[O-])cc([N+](=O)[O-])c2ccccc12. The Kier molecular flexibility index (Phi) is 4.95. The minimum Gasteiger partial charge on any atom is -0.344 e. The number of hydrogen-bond acceptors (Lipinski definition) is 7. The van der Waals surface area contributed by atoms with Crippen molar-refractivity contribution in [1.29, 1.82) is 0 Å². The highest BCUT2D eigenvalue weighted by Gasteiger charge is 2.34. The van der Waals surface area contributed by atoms with E-state index >= 15 is 0 Å². The van der Waals surface area contributed by atoms with Crippen LogP contribution in [0.3, 0.4) is 0 Å². The van der Waals surface area contributed by atoms with Gasteiger partial charge in [0.05, 0.1) is 31.8 Å². The lowest BCUT2D eigenvalue weighted by Crippen LogP contribution is -2.07. The molecule has 0 atom stereocenters. The lowest BCUT2D eigenvalue weighted by molar-refractivity contribution is -0.392. The lowest BCUT2D eigenvalue weighted by Gasteiger charge is -2.13. The maximum absolute atomic E-state index is 12.9. The van der Waals surface area contributed by atoms with E-state index in [9.17, 15) is 43.5 Å². The molecule has 0 radical (unpaired) electrons. The fraction of sp³-hybridized carbons (Fsp3) is 0.0588. The molecule has 0 saturated heterocycles. The average Bonchev–Trinajstić information content (AvgIpc) is 2.66. The molecule has 0 amide bonds. The zero-order valence-electron chi connectivity index (χ0n) is 14.5. The fourth-order valence-electron chi connectivity index (χ4n) is 2.87. The Bertz CT molecular complexity index is 1210. The molecule has 3 aromatic carbocycles. The molecule has 3 rings (SSSR count). The van der Waals surface area contributed by atoms with Gasteiger partial charge in [-0.1, -0.05) is 18.2 Å². The first-order valence-electron chi connectivity index (χ1n) is 7.98. The van der Waals surface area contributed by atoms with Crippen molar-refractivity contribution >= 4 is 39.2 Å². The second kappa shape index (κ2) is 7.27. The number of nitro groups is 3. The van der Waals surface area contributed by atoms with Crippen molar-refractivity contribution in [3.63, 3.8) is 0 Å². The van der Waals surface area contributed by atoms with Crippen molar-refractivity contribution in [2.24, 2.45) is 0 Å². The Labute approximate surface area is 164 Å². The predicted molar refractivity (Wildman–Crippen MR) is 98.6 cm³/mol. The summed E-state index contributed by atoms with van der Waals surface area (Å²) in [6.07, 6.45) is -4.84. The third-order valence-corrected chi connectivity index (χ3v) is 4.18. The van der Waals surface area contributed by atoms with Crippen LogP contribution in [0.1, 0.15) is 5.56 Å². The van der Waals surface area contributed by atoms with Crippen LogP contribution in [0.5, 0.6) is 0 Å². The third-order valence-electron chi connectivity index (χ3n) is 4.18. The molecule has 0 aliphatic rings. The number of non-ortho nitro benzene ring substituents is 1. The van der Waals surface area contributed by atoms with Gasteiger partial charge in [-0.2, -0.15) is 13.2 Å². The number of nitro benzene ring substituents is 3. The molecule has 0 bridgehead atoms. The number of nitrogens with one attached hydrogen (secondary N) is 1. The summed E-state index contributed by atoms with van der Waals surface area (Å²) in [4.78, 5) is 31.3. The zero-order valence-corrected chi connectivity index (χ0v) is 14.5. The summed E-state index contributed by atoms with van der Waals surface area (Å²) in [5.74, 6) is 0. The van der Waals surface area contributed by atoms with E-state index in [1.165, 1.54) is 24.3 Å². The number of benzene rings is 3. The van der Waals surface area contributed by atoms with Crippen molar-refractivity contribution in [3.8, 4) is 0 Å². The standard InChI is InChI=1S/C17H9F3N4O6/c18-17(19,20)9-5-6-12(14(7-9)23(27)28)21-16-11-4-2-1-3-10(11)13(22(25)26)8-15(16)24(29)30/h1-8,21H. The highest BCUT2D eigenvalue weighted by molar-refractivity contribution is 6.05. The second-order valence-electron chi connectivity index (χ2n) is 5.96. The van der Waals surface area contributed by atoms with Gasteiger partial charge >= 0.3 is 6.18 Å². The molecule has 10 nitrogen and oxygen atoms in total. The largest absolute Gasteiger partial charge is 0.416 e. The highest BCUT2D eigenvalue weighted by Crippen LogP contribution is 2.43. The summed E-state index contributed by atoms with van der Waals surface area (Å²) in [5.41, 5.74) is -4.36. The van der Waals surface area contributed by atoms with Gasteiger partial charge in [0.25, 0.3) is 17.1 Å². The van der Waals surface area contributed by atoms with Crippen molar-refractivity contribution in [2.45, 2.75) is 6.18 Å². The number of fused-ring (bicyclic) bond motifs is 1. The van der Waals surface area contributed by atoms with Crippen molar-refractivity contribution in [2.75, 3.05) is 5.32 Å². The smallest absolute Gasteiger partial charge is 0.344 e. The Morgan fingerprint density at radius 1 is 0.733 bits per heavy atom. The van der Waals surface area contributed by atoms with E-state index in [1.54, 1.807) is 0 Å². The van der Waals surface area contributed by atoms with Crippen molar-refractivity contribution in [1.82, 2.24) is 0 Å². The molecule has 0 heterocycles. The Hall–Kier alpha value is -4.29. The van der Waals surface area contributed by atoms with E-state index < -0.39 is 49.3 Å². The summed E-state index contributed by atoms with van der Waals surface area (Å²) in [6.45, 7) is 0. The molecule has 30 heavy (non-hydrogen) atoms. The number of anilines is 2. The van der Waals surface area contributed by atoms with Crippen molar-refractivity contribution < 1.29 is 27.9 Å². The van der Waals surface area contributed by atoms with Gasteiger partial charge in [0.15, 0.2) is 0 Å².